The van der Waals surface area contributed by atoms with Crippen molar-refractivity contribution in [3.05, 3.63) is 0 Å². The standard InChI is InChI=1S/C16H28N2O2/c1-15(2,3)11-16(4,5)18-10-13(19)17-9-7-6-8-12(17)14(18)20/h12H,6-11H2,1-5H3. The van der Waals surface area contributed by atoms with Crippen molar-refractivity contribution in [2.75, 3.05) is 13.1 Å². The van der Waals surface area contributed by atoms with Gasteiger partial charge in [-0.25, -0.2) is 0 Å². The highest BCUT2D eigenvalue weighted by Crippen LogP contribution is 2.34. The Bertz CT molecular complexity index is 409. The maximum absolute atomic E-state index is 12.8. The van der Waals surface area contributed by atoms with Gasteiger partial charge in [-0.3, -0.25) is 9.59 Å². The maximum Gasteiger partial charge on any atom is 0.246 e. The van der Waals surface area contributed by atoms with Gasteiger partial charge in [0.1, 0.15) is 12.6 Å². The minimum absolute atomic E-state index is 0.122. The van der Waals surface area contributed by atoms with Crippen LogP contribution in [0.15, 0.2) is 0 Å². The van der Waals surface area contributed by atoms with Gasteiger partial charge in [-0.1, -0.05) is 20.8 Å². The first-order valence-electron chi connectivity index (χ1n) is 7.73. The molecule has 2 rings (SSSR count). The lowest BCUT2D eigenvalue weighted by Crippen LogP contribution is -2.66. The van der Waals surface area contributed by atoms with Crippen molar-refractivity contribution < 1.29 is 9.59 Å². The summed E-state index contributed by atoms with van der Waals surface area (Å²) < 4.78 is 0. The lowest BCUT2D eigenvalue weighted by Gasteiger charge is -2.49. The summed E-state index contributed by atoms with van der Waals surface area (Å²) in [6.45, 7) is 11.7. The highest BCUT2D eigenvalue weighted by Gasteiger charge is 2.46. The van der Waals surface area contributed by atoms with Crippen LogP contribution in [-0.2, 0) is 9.59 Å². The van der Waals surface area contributed by atoms with Crippen molar-refractivity contribution in [1.82, 2.24) is 9.80 Å². The van der Waals surface area contributed by atoms with Crippen LogP contribution >= 0.6 is 0 Å². The molecule has 0 aromatic carbocycles. The Morgan fingerprint density at radius 1 is 1.10 bits per heavy atom. The molecule has 2 saturated heterocycles. The summed E-state index contributed by atoms with van der Waals surface area (Å²) in [6, 6.07) is -0.204. The van der Waals surface area contributed by atoms with E-state index in [1.165, 1.54) is 0 Å². The van der Waals surface area contributed by atoms with Crippen LogP contribution in [0.4, 0.5) is 0 Å². The predicted molar refractivity (Wildman–Crippen MR) is 79.2 cm³/mol. The van der Waals surface area contributed by atoms with Crippen LogP contribution in [0.25, 0.3) is 0 Å². The summed E-state index contributed by atoms with van der Waals surface area (Å²) in [6.07, 6.45) is 3.80. The summed E-state index contributed by atoms with van der Waals surface area (Å²) in [4.78, 5) is 28.7. The molecule has 0 aromatic heterocycles. The fourth-order valence-electron chi connectivity index (χ4n) is 3.88. The molecule has 1 atom stereocenters. The fourth-order valence-corrected chi connectivity index (χ4v) is 3.88. The number of hydrogen-bond acceptors (Lipinski definition) is 2. The summed E-state index contributed by atoms with van der Waals surface area (Å²) >= 11 is 0. The Hall–Kier alpha value is -1.06. The third-order valence-corrected chi connectivity index (χ3v) is 4.36. The van der Waals surface area contributed by atoms with E-state index in [0.717, 1.165) is 32.2 Å². The van der Waals surface area contributed by atoms with Crippen LogP contribution in [0, 0.1) is 5.41 Å². The number of nitrogens with zero attached hydrogens (tertiary/aromatic N) is 2. The van der Waals surface area contributed by atoms with Crippen molar-refractivity contribution in [3.8, 4) is 0 Å². The van der Waals surface area contributed by atoms with Crippen molar-refractivity contribution in [2.45, 2.75) is 71.9 Å². The number of piperazine rings is 1. The smallest absolute Gasteiger partial charge is 0.246 e. The second kappa shape index (κ2) is 5.05. The zero-order valence-corrected chi connectivity index (χ0v) is 13.5. The number of rotatable bonds is 2. The summed E-state index contributed by atoms with van der Waals surface area (Å²) in [7, 11) is 0. The number of fused-ring (bicyclic) bond motifs is 1. The Kier molecular flexibility index (Phi) is 3.87. The van der Waals surface area contributed by atoms with Crippen LogP contribution < -0.4 is 0 Å². The molecule has 0 spiro atoms. The van der Waals surface area contributed by atoms with Gasteiger partial charge in [0.15, 0.2) is 0 Å². The lowest BCUT2D eigenvalue weighted by molar-refractivity contribution is -0.164. The zero-order valence-electron chi connectivity index (χ0n) is 13.5. The maximum atomic E-state index is 12.8. The average Bonchev–Trinajstić information content (AvgIpc) is 2.30. The second-order valence-electron chi connectivity index (χ2n) is 8.07. The topological polar surface area (TPSA) is 40.6 Å². The largest absolute Gasteiger partial charge is 0.329 e. The van der Waals surface area contributed by atoms with Crippen LogP contribution in [-0.4, -0.2) is 46.3 Å². The molecular weight excluding hydrogens is 252 g/mol. The monoisotopic (exact) mass is 280 g/mol. The van der Waals surface area contributed by atoms with Crippen LogP contribution in [0.5, 0.6) is 0 Å². The van der Waals surface area contributed by atoms with Crippen molar-refractivity contribution in [1.29, 1.82) is 0 Å². The van der Waals surface area contributed by atoms with Gasteiger partial charge in [-0.05, 0) is 44.9 Å². The second-order valence-corrected chi connectivity index (χ2v) is 8.07. The molecule has 0 bridgehead atoms. The number of piperidine rings is 1. The van der Waals surface area contributed by atoms with Gasteiger partial charge < -0.3 is 9.80 Å². The minimum Gasteiger partial charge on any atom is -0.329 e. The molecule has 20 heavy (non-hydrogen) atoms. The molecule has 4 nitrogen and oxygen atoms in total. The van der Waals surface area contributed by atoms with Crippen molar-refractivity contribution in [2.24, 2.45) is 5.41 Å². The van der Waals surface area contributed by atoms with Crippen LogP contribution in [0.3, 0.4) is 0 Å². The molecule has 0 aliphatic carbocycles. The van der Waals surface area contributed by atoms with Crippen molar-refractivity contribution in [3.63, 3.8) is 0 Å². The molecule has 114 valence electrons. The number of hydrogen-bond donors (Lipinski definition) is 0. The van der Waals surface area contributed by atoms with E-state index < -0.39 is 0 Å². The third-order valence-electron chi connectivity index (χ3n) is 4.36. The Morgan fingerprint density at radius 2 is 1.75 bits per heavy atom. The quantitative estimate of drug-likeness (QED) is 0.779. The molecular formula is C16H28N2O2. The lowest BCUT2D eigenvalue weighted by atomic mass is 9.80. The van der Waals surface area contributed by atoms with Gasteiger partial charge >= 0.3 is 0 Å². The predicted octanol–water partition coefficient (Wildman–Crippen LogP) is 2.42. The van der Waals surface area contributed by atoms with E-state index in [9.17, 15) is 9.59 Å². The summed E-state index contributed by atoms with van der Waals surface area (Å²) in [5, 5.41) is 0. The number of carbonyl (C=O) groups excluding carboxylic acids is 2. The van der Waals surface area contributed by atoms with E-state index in [0.29, 0.717) is 0 Å². The molecule has 0 aromatic rings. The van der Waals surface area contributed by atoms with Gasteiger partial charge in [0.25, 0.3) is 0 Å². The van der Waals surface area contributed by atoms with E-state index in [1.807, 2.05) is 4.90 Å². The van der Waals surface area contributed by atoms with Gasteiger partial charge in [0, 0.05) is 12.1 Å². The highest BCUT2D eigenvalue weighted by molar-refractivity contribution is 5.95. The third kappa shape index (κ3) is 2.99. The number of carbonyl (C=O) groups is 2. The SMILES string of the molecule is CC(C)(C)CC(C)(C)N1CC(=O)N2CCCCC2C1=O. The van der Waals surface area contributed by atoms with Gasteiger partial charge in [-0.15, -0.1) is 0 Å². The van der Waals surface area contributed by atoms with E-state index in [4.69, 9.17) is 0 Å². The molecule has 0 saturated carbocycles. The average molecular weight is 280 g/mol. The van der Waals surface area contributed by atoms with Gasteiger partial charge in [0.05, 0.1) is 0 Å². The van der Waals surface area contributed by atoms with Gasteiger partial charge in [0.2, 0.25) is 11.8 Å². The molecule has 2 aliphatic heterocycles. The molecule has 0 radical (unpaired) electrons. The van der Waals surface area contributed by atoms with Crippen molar-refractivity contribution >= 4 is 11.8 Å². The summed E-state index contributed by atoms with van der Waals surface area (Å²) in [5.74, 6) is 0.273. The first-order valence-corrected chi connectivity index (χ1v) is 7.73. The first-order chi connectivity index (χ1) is 9.12. The minimum atomic E-state index is -0.269. The zero-order chi connectivity index (χ0) is 15.1. The molecule has 0 N–H and O–H groups in total. The highest BCUT2D eigenvalue weighted by atomic mass is 16.2. The molecule has 4 heteroatoms. The normalized spacial score (nSPS) is 24.9. The summed E-state index contributed by atoms with van der Waals surface area (Å²) in [5.41, 5.74) is -0.134. The van der Waals surface area contributed by atoms with E-state index in [2.05, 4.69) is 34.6 Å². The van der Waals surface area contributed by atoms with Crippen LogP contribution in [0.1, 0.15) is 60.3 Å². The number of amides is 2. The Morgan fingerprint density at radius 3 is 2.35 bits per heavy atom. The van der Waals surface area contributed by atoms with Gasteiger partial charge in [-0.2, -0.15) is 0 Å². The molecule has 2 amide bonds. The molecule has 1 unspecified atom stereocenters. The molecule has 2 heterocycles. The van der Waals surface area contributed by atoms with E-state index >= 15 is 0 Å². The molecule has 2 aliphatic rings. The fraction of sp³-hybridized carbons (Fsp3) is 0.875. The van der Waals surface area contributed by atoms with E-state index in [-0.39, 0.29) is 35.4 Å². The Labute approximate surface area is 122 Å². The molecule has 2 fully saturated rings. The van der Waals surface area contributed by atoms with Crippen LogP contribution in [0.2, 0.25) is 0 Å². The van der Waals surface area contributed by atoms with E-state index in [1.54, 1.807) is 4.90 Å². The first kappa shape index (κ1) is 15.3. The Balaban J connectivity index is 2.20.